The largest absolute Gasteiger partial charge is 0.511 e. The zero-order chi connectivity index (χ0) is 12.3. The Morgan fingerprint density at radius 2 is 1.88 bits per heavy atom. The van der Waals surface area contributed by atoms with E-state index in [4.69, 9.17) is 4.74 Å². The first-order valence-corrected chi connectivity index (χ1v) is 5.25. The Bertz CT molecular complexity index is 384. The molecule has 4 heteroatoms. The second-order valence-corrected chi connectivity index (χ2v) is 4.02. The van der Waals surface area contributed by atoms with Gasteiger partial charge in [0.05, 0.1) is 5.57 Å². The molecule has 0 atom stereocenters. The van der Waals surface area contributed by atoms with Gasteiger partial charge in [-0.3, -0.25) is 9.59 Å². The Hall–Kier alpha value is -1.58. The molecule has 0 radical (unpaired) electrons. The molecule has 0 amide bonds. The van der Waals surface area contributed by atoms with Crippen molar-refractivity contribution in [1.29, 1.82) is 0 Å². The number of hydrogen-bond donors (Lipinski definition) is 1. The van der Waals surface area contributed by atoms with Gasteiger partial charge in [-0.05, 0) is 25.8 Å². The van der Waals surface area contributed by atoms with Crippen molar-refractivity contribution in [3.8, 4) is 0 Å². The predicted molar refractivity (Wildman–Crippen MR) is 58.7 cm³/mol. The van der Waals surface area contributed by atoms with Crippen molar-refractivity contribution in [2.75, 3.05) is 0 Å². The number of esters is 1. The van der Waals surface area contributed by atoms with Crippen molar-refractivity contribution < 1.29 is 19.4 Å². The molecule has 0 saturated carbocycles. The number of ketones is 1. The number of rotatable bonds is 2. The summed E-state index contributed by atoms with van der Waals surface area (Å²) in [5.41, 5.74) is 0.869. The van der Waals surface area contributed by atoms with Gasteiger partial charge in [0.1, 0.15) is 11.5 Å². The highest BCUT2D eigenvalue weighted by atomic mass is 16.5. The fourth-order valence-electron chi connectivity index (χ4n) is 1.63. The van der Waals surface area contributed by atoms with E-state index in [0.29, 0.717) is 24.8 Å². The minimum Gasteiger partial charge on any atom is -0.511 e. The third-order valence-electron chi connectivity index (χ3n) is 2.31. The van der Waals surface area contributed by atoms with Crippen LogP contribution >= 0.6 is 0 Å². The number of aliphatic hydroxyl groups excluding tert-OH is 1. The summed E-state index contributed by atoms with van der Waals surface area (Å²) in [4.78, 5) is 22.6. The van der Waals surface area contributed by atoms with E-state index in [0.717, 1.165) is 0 Å². The molecule has 1 N–H and O–H groups in total. The van der Waals surface area contributed by atoms with Crippen LogP contribution in [-0.2, 0) is 14.3 Å². The summed E-state index contributed by atoms with van der Waals surface area (Å²) in [6.45, 7) is 4.74. The number of ether oxygens (including phenoxy) is 1. The summed E-state index contributed by atoms with van der Waals surface area (Å²) in [7, 11) is 0. The minimum absolute atomic E-state index is 0.0219. The molecule has 4 nitrogen and oxygen atoms in total. The Kier molecular flexibility index (Phi) is 3.88. The lowest BCUT2D eigenvalue weighted by atomic mass is 9.93. The third kappa shape index (κ3) is 2.72. The minimum atomic E-state index is -0.491. The van der Waals surface area contributed by atoms with Crippen LogP contribution in [-0.4, -0.2) is 16.9 Å². The number of hydrogen-bond acceptors (Lipinski definition) is 4. The molecule has 0 fully saturated rings. The molecule has 0 spiro atoms. The average molecular weight is 224 g/mol. The summed E-state index contributed by atoms with van der Waals surface area (Å²) in [5.74, 6) is -0.431. The third-order valence-corrected chi connectivity index (χ3v) is 2.31. The maximum Gasteiger partial charge on any atom is 0.308 e. The van der Waals surface area contributed by atoms with Gasteiger partial charge in [-0.15, -0.1) is 0 Å². The highest BCUT2D eigenvalue weighted by Gasteiger charge is 2.26. The fraction of sp³-hybridized carbons (Fsp3) is 0.500. The SMILES string of the molecule is CC(=O)OC(=C(C)C)C1=C(O)CCCC1=O. The first-order valence-electron chi connectivity index (χ1n) is 5.25. The van der Waals surface area contributed by atoms with Crippen molar-refractivity contribution in [3.63, 3.8) is 0 Å². The van der Waals surface area contributed by atoms with Crippen molar-refractivity contribution in [2.45, 2.75) is 40.0 Å². The van der Waals surface area contributed by atoms with Gasteiger partial charge >= 0.3 is 5.97 Å². The molecule has 16 heavy (non-hydrogen) atoms. The first-order chi connectivity index (χ1) is 7.43. The zero-order valence-corrected chi connectivity index (χ0v) is 9.79. The summed E-state index contributed by atoms with van der Waals surface area (Å²) < 4.78 is 4.99. The van der Waals surface area contributed by atoms with Gasteiger partial charge in [0.15, 0.2) is 5.78 Å². The van der Waals surface area contributed by atoms with Crippen molar-refractivity contribution in [3.05, 3.63) is 22.7 Å². The lowest BCUT2D eigenvalue weighted by Gasteiger charge is -2.18. The van der Waals surface area contributed by atoms with Crippen LogP contribution in [0.25, 0.3) is 0 Å². The molecule has 88 valence electrons. The molecule has 0 heterocycles. The van der Waals surface area contributed by atoms with Crippen molar-refractivity contribution in [1.82, 2.24) is 0 Å². The van der Waals surface area contributed by atoms with Crippen LogP contribution in [0.2, 0.25) is 0 Å². The Morgan fingerprint density at radius 1 is 1.25 bits per heavy atom. The Labute approximate surface area is 94.6 Å². The van der Waals surface area contributed by atoms with Gasteiger partial charge in [0.25, 0.3) is 0 Å². The van der Waals surface area contributed by atoms with Crippen LogP contribution in [0.4, 0.5) is 0 Å². The lowest BCUT2D eigenvalue weighted by molar-refractivity contribution is -0.136. The van der Waals surface area contributed by atoms with Crippen molar-refractivity contribution >= 4 is 11.8 Å². The van der Waals surface area contributed by atoms with Gasteiger partial charge in [-0.1, -0.05) is 0 Å². The van der Waals surface area contributed by atoms with Crippen LogP contribution < -0.4 is 0 Å². The van der Waals surface area contributed by atoms with E-state index < -0.39 is 5.97 Å². The number of aliphatic hydroxyl groups is 1. The molecule has 1 rings (SSSR count). The summed E-state index contributed by atoms with van der Waals surface area (Å²) >= 11 is 0. The second kappa shape index (κ2) is 4.96. The van der Waals surface area contributed by atoms with Crippen LogP contribution in [0.1, 0.15) is 40.0 Å². The predicted octanol–water partition coefficient (Wildman–Crippen LogP) is 2.41. The molecule has 0 aromatic carbocycles. The first kappa shape index (κ1) is 12.5. The quantitative estimate of drug-likeness (QED) is 0.578. The maximum absolute atomic E-state index is 11.7. The number of allylic oxidation sites excluding steroid dienone is 3. The Morgan fingerprint density at radius 3 is 2.31 bits per heavy atom. The van der Waals surface area contributed by atoms with E-state index >= 15 is 0 Å². The molecule has 0 saturated heterocycles. The van der Waals surface area contributed by atoms with Crippen LogP contribution in [0.15, 0.2) is 22.7 Å². The zero-order valence-electron chi connectivity index (χ0n) is 9.79. The van der Waals surface area contributed by atoms with Gasteiger partial charge in [-0.25, -0.2) is 0 Å². The van der Waals surface area contributed by atoms with E-state index in [-0.39, 0.29) is 22.9 Å². The molecule has 0 unspecified atom stereocenters. The molecule has 1 aliphatic carbocycles. The van der Waals surface area contributed by atoms with Gasteiger partial charge in [0.2, 0.25) is 0 Å². The molecule has 1 aliphatic rings. The number of carbonyl (C=O) groups is 2. The average Bonchev–Trinajstić information content (AvgIpc) is 2.15. The molecule has 0 aliphatic heterocycles. The highest BCUT2D eigenvalue weighted by molar-refractivity contribution is 6.00. The van der Waals surface area contributed by atoms with Crippen LogP contribution in [0.5, 0.6) is 0 Å². The van der Waals surface area contributed by atoms with E-state index in [2.05, 4.69) is 0 Å². The van der Waals surface area contributed by atoms with Crippen LogP contribution in [0.3, 0.4) is 0 Å². The molecule has 0 aromatic rings. The van der Waals surface area contributed by atoms with E-state index in [1.165, 1.54) is 6.92 Å². The summed E-state index contributed by atoms with van der Waals surface area (Å²) in [6, 6.07) is 0. The highest BCUT2D eigenvalue weighted by Crippen LogP contribution is 2.28. The van der Waals surface area contributed by atoms with Crippen molar-refractivity contribution in [2.24, 2.45) is 0 Å². The molecule has 0 bridgehead atoms. The smallest absolute Gasteiger partial charge is 0.308 e. The lowest BCUT2D eigenvalue weighted by Crippen LogP contribution is -2.17. The normalized spacial score (nSPS) is 16.1. The summed E-state index contributed by atoms with van der Waals surface area (Å²) in [6.07, 6.45) is 1.49. The van der Waals surface area contributed by atoms with Gasteiger partial charge in [-0.2, -0.15) is 0 Å². The standard InChI is InChI=1S/C12H16O4/c1-7(2)12(16-8(3)13)11-9(14)5-4-6-10(11)15/h14H,4-6H2,1-3H3. The maximum atomic E-state index is 11.7. The summed E-state index contributed by atoms with van der Waals surface area (Å²) in [5, 5.41) is 9.70. The molecular formula is C12H16O4. The van der Waals surface area contributed by atoms with E-state index in [1.807, 2.05) is 0 Å². The fourth-order valence-corrected chi connectivity index (χ4v) is 1.63. The van der Waals surface area contributed by atoms with E-state index in [9.17, 15) is 14.7 Å². The number of carbonyl (C=O) groups excluding carboxylic acids is 2. The van der Waals surface area contributed by atoms with Crippen LogP contribution in [0, 0.1) is 0 Å². The molecular weight excluding hydrogens is 208 g/mol. The second-order valence-electron chi connectivity index (χ2n) is 4.02. The van der Waals surface area contributed by atoms with Gasteiger partial charge in [0, 0.05) is 19.8 Å². The monoisotopic (exact) mass is 224 g/mol. The van der Waals surface area contributed by atoms with Gasteiger partial charge < -0.3 is 9.84 Å². The number of Topliss-reactive ketones (excluding diaryl/α,β-unsaturated/α-hetero) is 1. The molecule has 0 aromatic heterocycles. The van der Waals surface area contributed by atoms with E-state index in [1.54, 1.807) is 13.8 Å². The topological polar surface area (TPSA) is 63.6 Å². The Balaban J connectivity index is 3.17.